The predicted molar refractivity (Wildman–Crippen MR) is 128 cm³/mol. The van der Waals surface area contributed by atoms with Gasteiger partial charge >= 0.3 is 0 Å². The van der Waals surface area contributed by atoms with E-state index in [0.717, 1.165) is 15.6 Å². The first-order chi connectivity index (χ1) is 15.0. The molecule has 154 valence electrons. The molecule has 1 fully saturated rings. The highest BCUT2D eigenvalue weighted by Gasteiger charge is 2.40. The van der Waals surface area contributed by atoms with Gasteiger partial charge in [0.05, 0.1) is 27.1 Å². The van der Waals surface area contributed by atoms with Gasteiger partial charge in [-0.1, -0.05) is 47.6 Å². The molecule has 0 aliphatic carbocycles. The van der Waals surface area contributed by atoms with Crippen molar-refractivity contribution in [3.8, 4) is 0 Å². The fourth-order valence-electron chi connectivity index (χ4n) is 3.34. The molecule has 0 unspecified atom stereocenters. The zero-order valence-electron chi connectivity index (χ0n) is 16.3. The van der Waals surface area contributed by atoms with E-state index in [4.69, 9.17) is 11.6 Å². The van der Waals surface area contributed by atoms with Crippen molar-refractivity contribution >= 4 is 63.3 Å². The summed E-state index contributed by atoms with van der Waals surface area (Å²) in [5.74, 6) is -0.572. The number of benzene rings is 3. The molecule has 3 aromatic rings. The number of carbonyl (C=O) groups excluding carboxylic acids is 1. The minimum Gasteiger partial charge on any atom is -0.337 e. The first-order valence-corrected chi connectivity index (χ1v) is 11.4. The monoisotopic (exact) mass is 467 g/mol. The second-order valence-corrected chi connectivity index (χ2v) is 9.24. The number of halogens is 2. The molecule has 1 saturated heterocycles. The Hall–Kier alpha value is -2.74. The molecule has 31 heavy (non-hydrogen) atoms. The highest BCUT2D eigenvalue weighted by molar-refractivity contribution is 8.20. The molecule has 0 spiro atoms. The number of amides is 1. The van der Waals surface area contributed by atoms with Gasteiger partial charge in [0.25, 0.3) is 5.91 Å². The van der Waals surface area contributed by atoms with Gasteiger partial charge < -0.3 is 4.90 Å². The van der Waals surface area contributed by atoms with Crippen molar-refractivity contribution in [3.63, 3.8) is 0 Å². The predicted octanol–water partition coefficient (Wildman–Crippen LogP) is 6.66. The lowest BCUT2D eigenvalue weighted by molar-refractivity contribution is -0.113. The van der Waals surface area contributed by atoms with Crippen LogP contribution >= 0.6 is 35.1 Å². The summed E-state index contributed by atoms with van der Waals surface area (Å²) >= 11 is 9.15. The van der Waals surface area contributed by atoms with Crippen LogP contribution in [0.1, 0.15) is 0 Å². The lowest BCUT2D eigenvalue weighted by Crippen LogP contribution is -2.29. The quantitative estimate of drug-likeness (QED) is 0.395. The number of rotatable bonds is 2. The van der Waals surface area contributed by atoms with Crippen molar-refractivity contribution in [3.05, 3.63) is 93.6 Å². The van der Waals surface area contributed by atoms with E-state index in [2.05, 4.69) is 4.99 Å². The minimum atomic E-state index is -0.368. The van der Waals surface area contributed by atoms with E-state index in [-0.39, 0.29) is 11.7 Å². The Balaban J connectivity index is 1.63. The number of hydrogen-bond donors (Lipinski definition) is 0. The summed E-state index contributed by atoms with van der Waals surface area (Å²) in [4.78, 5) is 23.4. The molecule has 0 aromatic heterocycles. The standard InChI is InChI=1S/C23H15ClFN3OS2/c1-27-18-8-4-5-9-19(18)30-22(27)20-21(29)28(15-12-10-14(25)11-13-15)23(31-20)26-17-7-3-2-6-16(17)24/h2-13H,1H3. The number of fused-ring (bicyclic) bond motifs is 1. The van der Waals surface area contributed by atoms with Crippen LogP contribution in [0.3, 0.4) is 0 Å². The van der Waals surface area contributed by atoms with Crippen LogP contribution in [0.25, 0.3) is 0 Å². The third-order valence-corrected chi connectivity index (χ3v) is 7.58. The lowest BCUT2D eigenvalue weighted by Gasteiger charge is -2.16. The van der Waals surface area contributed by atoms with E-state index in [9.17, 15) is 9.18 Å². The van der Waals surface area contributed by atoms with Crippen molar-refractivity contribution in [1.82, 2.24) is 0 Å². The number of thioether (sulfide) groups is 2. The molecule has 0 radical (unpaired) electrons. The van der Waals surface area contributed by atoms with Crippen LogP contribution in [0.2, 0.25) is 5.02 Å². The summed E-state index contributed by atoms with van der Waals surface area (Å²) in [5, 5.41) is 1.80. The largest absolute Gasteiger partial charge is 0.337 e. The van der Waals surface area contributed by atoms with Gasteiger partial charge in [-0.25, -0.2) is 9.38 Å². The summed E-state index contributed by atoms with van der Waals surface area (Å²) in [6, 6.07) is 21.0. The summed E-state index contributed by atoms with van der Waals surface area (Å²) in [7, 11) is 1.94. The number of anilines is 2. The van der Waals surface area contributed by atoms with Crippen LogP contribution in [-0.2, 0) is 4.79 Å². The Morgan fingerprint density at radius 1 is 0.935 bits per heavy atom. The molecule has 8 heteroatoms. The SMILES string of the molecule is CN1C(=C2SC(=Nc3ccccc3Cl)N(c3ccc(F)cc3)C2=O)Sc2ccccc21. The van der Waals surface area contributed by atoms with E-state index in [1.165, 1.54) is 28.8 Å². The molecular weight excluding hydrogens is 453 g/mol. The molecule has 2 heterocycles. The fraction of sp³-hybridized carbons (Fsp3) is 0.0435. The van der Waals surface area contributed by atoms with Crippen molar-refractivity contribution in [2.45, 2.75) is 4.90 Å². The van der Waals surface area contributed by atoms with Gasteiger partial charge in [-0.2, -0.15) is 0 Å². The fourth-order valence-corrected chi connectivity index (χ4v) is 5.86. The molecular formula is C23H15ClFN3OS2. The number of carbonyl (C=O) groups is 1. The highest BCUT2D eigenvalue weighted by atomic mass is 35.5. The summed E-state index contributed by atoms with van der Waals surface area (Å²) in [6.45, 7) is 0. The van der Waals surface area contributed by atoms with Gasteiger partial charge in [0.1, 0.15) is 10.7 Å². The van der Waals surface area contributed by atoms with Crippen LogP contribution in [0.4, 0.5) is 21.5 Å². The van der Waals surface area contributed by atoms with Crippen LogP contribution in [0, 0.1) is 5.82 Å². The normalized spacial score (nSPS) is 19.5. The molecule has 2 aliphatic heterocycles. The van der Waals surface area contributed by atoms with Gasteiger partial charge in [0.2, 0.25) is 0 Å². The Kier molecular flexibility index (Phi) is 5.25. The van der Waals surface area contributed by atoms with E-state index in [0.29, 0.717) is 26.5 Å². The Labute approximate surface area is 192 Å². The van der Waals surface area contributed by atoms with Crippen molar-refractivity contribution in [1.29, 1.82) is 0 Å². The average Bonchev–Trinajstić information content (AvgIpc) is 3.27. The molecule has 0 saturated carbocycles. The summed E-state index contributed by atoms with van der Waals surface area (Å²) in [5.41, 5.74) is 2.16. The van der Waals surface area contributed by atoms with Crippen LogP contribution in [-0.4, -0.2) is 18.1 Å². The number of hydrogen-bond acceptors (Lipinski definition) is 5. The maximum Gasteiger partial charge on any atom is 0.274 e. The van der Waals surface area contributed by atoms with Gasteiger partial charge in [-0.05, 0) is 60.3 Å². The third-order valence-electron chi connectivity index (χ3n) is 4.87. The van der Waals surface area contributed by atoms with E-state index >= 15 is 0 Å². The Morgan fingerprint density at radius 3 is 2.39 bits per heavy atom. The van der Waals surface area contributed by atoms with Gasteiger partial charge in [-0.3, -0.25) is 9.69 Å². The van der Waals surface area contributed by atoms with Crippen molar-refractivity contribution in [2.24, 2.45) is 4.99 Å². The van der Waals surface area contributed by atoms with E-state index < -0.39 is 0 Å². The Morgan fingerprint density at radius 2 is 1.65 bits per heavy atom. The van der Waals surface area contributed by atoms with Crippen LogP contribution in [0.15, 0.2) is 92.6 Å². The molecule has 5 rings (SSSR count). The molecule has 0 N–H and O–H groups in total. The molecule has 2 aliphatic rings. The number of amidine groups is 1. The van der Waals surface area contributed by atoms with Crippen molar-refractivity contribution < 1.29 is 9.18 Å². The number of aliphatic imine (C=N–C) groups is 1. The molecule has 0 bridgehead atoms. The van der Waals surface area contributed by atoms with Crippen LogP contribution in [0.5, 0.6) is 0 Å². The first-order valence-electron chi connectivity index (χ1n) is 9.39. The maximum absolute atomic E-state index is 13.6. The first kappa shape index (κ1) is 20.2. The van der Waals surface area contributed by atoms with Crippen molar-refractivity contribution in [2.75, 3.05) is 16.8 Å². The molecule has 3 aromatic carbocycles. The zero-order chi connectivity index (χ0) is 21.5. The zero-order valence-corrected chi connectivity index (χ0v) is 18.6. The topological polar surface area (TPSA) is 35.9 Å². The minimum absolute atomic E-state index is 0.204. The maximum atomic E-state index is 13.6. The smallest absolute Gasteiger partial charge is 0.274 e. The highest BCUT2D eigenvalue weighted by Crippen LogP contribution is 2.50. The number of para-hydroxylation sites is 2. The van der Waals surface area contributed by atoms with E-state index in [1.807, 2.05) is 48.3 Å². The average molecular weight is 468 g/mol. The van der Waals surface area contributed by atoms with Crippen LogP contribution < -0.4 is 9.80 Å². The second-order valence-electron chi connectivity index (χ2n) is 6.83. The Bertz CT molecular complexity index is 1260. The number of nitrogens with zero attached hydrogens (tertiary/aromatic N) is 3. The lowest BCUT2D eigenvalue weighted by atomic mass is 10.2. The third kappa shape index (κ3) is 3.63. The molecule has 4 nitrogen and oxygen atoms in total. The van der Waals surface area contributed by atoms with Gasteiger partial charge in [0, 0.05) is 11.9 Å². The second kappa shape index (κ2) is 8.07. The van der Waals surface area contributed by atoms with Gasteiger partial charge in [-0.15, -0.1) is 0 Å². The van der Waals surface area contributed by atoms with E-state index in [1.54, 1.807) is 36.0 Å². The molecule has 1 amide bonds. The van der Waals surface area contributed by atoms with Gasteiger partial charge in [0.15, 0.2) is 5.17 Å². The summed E-state index contributed by atoms with van der Waals surface area (Å²) < 4.78 is 13.5. The molecule has 0 atom stereocenters. The summed E-state index contributed by atoms with van der Waals surface area (Å²) in [6.07, 6.45) is 0.